The Balaban J connectivity index is 2.69. The molecule has 14 heavy (non-hydrogen) atoms. The Morgan fingerprint density at radius 3 is 2.71 bits per heavy atom. The van der Waals surface area contributed by atoms with E-state index >= 15 is 0 Å². The van der Waals surface area contributed by atoms with Gasteiger partial charge in [-0.05, 0) is 25.7 Å². The van der Waals surface area contributed by atoms with Crippen LogP contribution in [0.3, 0.4) is 0 Å². The fourth-order valence-corrected chi connectivity index (χ4v) is 2.36. The standard InChI is InChI=1S/C11H23N3/c1-5-6-14-10(12)13-8-11(14,4)7-9(2)3/h9H,5-8H2,1-4H3,(H2,12,13). The third-order valence-electron chi connectivity index (χ3n) is 2.81. The van der Waals surface area contributed by atoms with Gasteiger partial charge in [-0.3, -0.25) is 4.99 Å². The fraction of sp³-hybridized carbons (Fsp3) is 0.909. The van der Waals surface area contributed by atoms with Crippen molar-refractivity contribution in [3.05, 3.63) is 0 Å². The summed E-state index contributed by atoms with van der Waals surface area (Å²) in [6.45, 7) is 10.8. The van der Waals surface area contributed by atoms with E-state index in [0.717, 1.165) is 31.9 Å². The summed E-state index contributed by atoms with van der Waals surface area (Å²) >= 11 is 0. The molecule has 0 saturated carbocycles. The van der Waals surface area contributed by atoms with Gasteiger partial charge in [-0.15, -0.1) is 0 Å². The predicted molar refractivity (Wildman–Crippen MR) is 61.3 cm³/mol. The summed E-state index contributed by atoms with van der Waals surface area (Å²) < 4.78 is 0. The summed E-state index contributed by atoms with van der Waals surface area (Å²) in [5.74, 6) is 1.43. The second-order valence-corrected chi connectivity index (χ2v) is 4.92. The molecule has 82 valence electrons. The molecule has 0 saturated heterocycles. The van der Waals surface area contributed by atoms with Crippen LogP contribution in [0.4, 0.5) is 0 Å². The van der Waals surface area contributed by atoms with E-state index in [1.54, 1.807) is 0 Å². The minimum absolute atomic E-state index is 0.161. The Bertz CT molecular complexity index is 223. The Kier molecular flexibility index (Phi) is 3.40. The quantitative estimate of drug-likeness (QED) is 0.747. The topological polar surface area (TPSA) is 41.6 Å². The summed E-state index contributed by atoms with van der Waals surface area (Å²) in [7, 11) is 0. The lowest BCUT2D eigenvalue weighted by atomic mass is 9.90. The van der Waals surface area contributed by atoms with Gasteiger partial charge >= 0.3 is 0 Å². The van der Waals surface area contributed by atoms with E-state index in [9.17, 15) is 0 Å². The van der Waals surface area contributed by atoms with E-state index in [1.165, 1.54) is 0 Å². The van der Waals surface area contributed by atoms with Crippen molar-refractivity contribution >= 4 is 5.96 Å². The summed E-state index contributed by atoms with van der Waals surface area (Å²) in [5.41, 5.74) is 6.05. The van der Waals surface area contributed by atoms with Crippen molar-refractivity contribution < 1.29 is 0 Å². The molecular formula is C11H23N3. The van der Waals surface area contributed by atoms with Crippen molar-refractivity contribution in [3.8, 4) is 0 Å². The Morgan fingerprint density at radius 1 is 1.57 bits per heavy atom. The van der Waals surface area contributed by atoms with Gasteiger partial charge in [0.2, 0.25) is 0 Å². The number of nitrogens with two attached hydrogens (primary N) is 1. The first kappa shape index (κ1) is 11.3. The average molecular weight is 197 g/mol. The van der Waals surface area contributed by atoms with Gasteiger partial charge in [0.05, 0.1) is 12.1 Å². The highest BCUT2D eigenvalue weighted by atomic mass is 15.3. The molecule has 0 aromatic rings. The number of rotatable bonds is 4. The molecule has 1 unspecified atom stereocenters. The van der Waals surface area contributed by atoms with E-state index < -0.39 is 0 Å². The van der Waals surface area contributed by atoms with Crippen LogP contribution in [0.5, 0.6) is 0 Å². The first-order valence-electron chi connectivity index (χ1n) is 5.57. The lowest BCUT2D eigenvalue weighted by molar-refractivity contribution is 0.186. The number of guanidine groups is 1. The van der Waals surface area contributed by atoms with Crippen molar-refractivity contribution in [3.63, 3.8) is 0 Å². The Morgan fingerprint density at radius 2 is 2.21 bits per heavy atom. The highest BCUT2D eigenvalue weighted by Gasteiger charge is 2.37. The SMILES string of the molecule is CCCN1C(N)=NCC1(C)CC(C)C. The van der Waals surface area contributed by atoms with Crippen molar-refractivity contribution in [1.82, 2.24) is 4.90 Å². The fourth-order valence-electron chi connectivity index (χ4n) is 2.36. The lowest BCUT2D eigenvalue weighted by Gasteiger charge is -2.37. The predicted octanol–water partition coefficient (Wildman–Crippen LogP) is 1.83. The first-order chi connectivity index (χ1) is 6.49. The number of nitrogens with zero attached hydrogens (tertiary/aromatic N) is 2. The second kappa shape index (κ2) is 4.20. The normalized spacial score (nSPS) is 27.2. The van der Waals surface area contributed by atoms with Crippen LogP contribution in [0.25, 0.3) is 0 Å². The first-order valence-corrected chi connectivity index (χ1v) is 5.57. The van der Waals surface area contributed by atoms with Gasteiger partial charge in [-0.1, -0.05) is 20.8 Å². The molecule has 0 amide bonds. The molecular weight excluding hydrogens is 174 g/mol. The smallest absolute Gasteiger partial charge is 0.191 e. The third-order valence-corrected chi connectivity index (χ3v) is 2.81. The molecule has 0 aromatic heterocycles. The minimum Gasteiger partial charge on any atom is -0.370 e. The molecule has 1 heterocycles. The Hall–Kier alpha value is -0.730. The molecule has 0 radical (unpaired) electrons. The highest BCUT2D eigenvalue weighted by molar-refractivity contribution is 5.80. The van der Waals surface area contributed by atoms with Crippen molar-refractivity contribution in [2.45, 2.75) is 46.1 Å². The van der Waals surface area contributed by atoms with Gasteiger partial charge in [-0.2, -0.15) is 0 Å². The molecule has 1 aliphatic heterocycles. The molecule has 1 rings (SSSR count). The van der Waals surface area contributed by atoms with Crippen LogP contribution in [-0.2, 0) is 0 Å². The van der Waals surface area contributed by atoms with Gasteiger partial charge in [0.15, 0.2) is 5.96 Å². The summed E-state index contributed by atoms with van der Waals surface area (Å²) in [5, 5.41) is 0. The van der Waals surface area contributed by atoms with Crippen LogP contribution in [0.2, 0.25) is 0 Å². The summed E-state index contributed by atoms with van der Waals surface area (Å²) in [4.78, 5) is 6.63. The second-order valence-electron chi connectivity index (χ2n) is 4.92. The zero-order chi connectivity index (χ0) is 10.8. The van der Waals surface area contributed by atoms with Crippen LogP contribution < -0.4 is 5.73 Å². The number of hydrogen-bond donors (Lipinski definition) is 1. The molecule has 0 fully saturated rings. The van der Waals surface area contributed by atoms with Gasteiger partial charge in [0, 0.05) is 6.54 Å². The summed E-state index contributed by atoms with van der Waals surface area (Å²) in [6.07, 6.45) is 2.29. The van der Waals surface area contributed by atoms with E-state index in [-0.39, 0.29) is 5.54 Å². The van der Waals surface area contributed by atoms with Crippen LogP contribution in [0.1, 0.15) is 40.5 Å². The molecule has 1 aliphatic rings. The summed E-state index contributed by atoms with van der Waals surface area (Å²) in [6, 6.07) is 0. The molecule has 0 aromatic carbocycles. The van der Waals surface area contributed by atoms with Gasteiger partial charge in [0.25, 0.3) is 0 Å². The van der Waals surface area contributed by atoms with Crippen LogP contribution in [0, 0.1) is 5.92 Å². The van der Waals surface area contributed by atoms with E-state index in [1.807, 2.05) is 0 Å². The molecule has 3 nitrogen and oxygen atoms in total. The van der Waals surface area contributed by atoms with Crippen molar-refractivity contribution in [2.75, 3.05) is 13.1 Å². The van der Waals surface area contributed by atoms with E-state index in [4.69, 9.17) is 5.73 Å². The Labute approximate surface area is 87.4 Å². The molecule has 0 aliphatic carbocycles. The number of hydrogen-bond acceptors (Lipinski definition) is 3. The van der Waals surface area contributed by atoms with Gasteiger partial charge in [-0.25, -0.2) is 0 Å². The molecule has 0 spiro atoms. The van der Waals surface area contributed by atoms with E-state index in [2.05, 4.69) is 37.6 Å². The molecule has 1 atom stereocenters. The van der Waals surface area contributed by atoms with Crippen LogP contribution in [0.15, 0.2) is 4.99 Å². The van der Waals surface area contributed by atoms with Crippen LogP contribution >= 0.6 is 0 Å². The zero-order valence-electron chi connectivity index (χ0n) is 9.88. The molecule has 0 bridgehead atoms. The zero-order valence-corrected chi connectivity index (χ0v) is 9.88. The molecule has 3 heteroatoms. The highest BCUT2D eigenvalue weighted by Crippen LogP contribution is 2.28. The van der Waals surface area contributed by atoms with Crippen molar-refractivity contribution in [2.24, 2.45) is 16.6 Å². The van der Waals surface area contributed by atoms with Gasteiger partial charge < -0.3 is 10.6 Å². The average Bonchev–Trinajstić information content (AvgIpc) is 2.32. The monoisotopic (exact) mass is 197 g/mol. The maximum atomic E-state index is 5.89. The largest absolute Gasteiger partial charge is 0.370 e. The van der Waals surface area contributed by atoms with Gasteiger partial charge in [0.1, 0.15) is 0 Å². The number of aliphatic imine (C=N–C) groups is 1. The molecule has 2 N–H and O–H groups in total. The van der Waals surface area contributed by atoms with E-state index in [0.29, 0.717) is 5.92 Å². The minimum atomic E-state index is 0.161. The van der Waals surface area contributed by atoms with Crippen molar-refractivity contribution in [1.29, 1.82) is 0 Å². The van der Waals surface area contributed by atoms with Crippen LogP contribution in [-0.4, -0.2) is 29.5 Å². The maximum absolute atomic E-state index is 5.89. The maximum Gasteiger partial charge on any atom is 0.191 e. The third kappa shape index (κ3) is 2.20. The lowest BCUT2D eigenvalue weighted by Crippen LogP contribution is -2.50.